The summed E-state index contributed by atoms with van der Waals surface area (Å²) >= 11 is 0. The second-order valence-electron chi connectivity index (χ2n) is 9.06. The first-order valence-electron chi connectivity index (χ1n) is 11.5. The molecule has 6 atom stereocenters. The molecule has 8 nitrogen and oxygen atoms in total. The van der Waals surface area contributed by atoms with E-state index < -0.39 is 48.4 Å². The highest BCUT2D eigenvalue weighted by Gasteiger charge is 2.45. The number of rotatable bonds is 7. The van der Waals surface area contributed by atoms with E-state index in [2.05, 4.69) is 13.2 Å². The van der Waals surface area contributed by atoms with Crippen molar-refractivity contribution in [1.82, 2.24) is 0 Å². The molecule has 2 aliphatic rings. The summed E-state index contributed by atoms with van der Waals surface area (Å²) in [6.45, 7) is 15.6. The van der Waals surface area contributed by atoms with Gasteiger partial charge in [0, 0.05) is 38.7 Å². The maximum Gasteiger partial charge on any atom is 0.305 e. The molecule has 0 saturated heterocycles. The fraction of sp³-hybridized carbons (Fsp3) is 0.577. The average molecular weight is 477 g/mol. The van der Waals surface area contributed by atoms with Crippen LogP contribution in [0.5, 0.6) is 0 Å². The van der Waals surface area contributed by atoms with Gasteiger partial charge in [-0.1, -0.05) is 24.8 Å². The highest BCUT2D eigenvalue weighted by Crippen LogP contribution is 2.44. The minimum atomic E-state index is -0.977. The molecule has 0 saturated carbocycles. The second kappa shape index (κ2) is 12.0. The molecule has 0 aromatic carbocycles. The number of ether oxygens (including phenoxy) is 4. The summed E-state index contributed by atoms with van der Waals surface area (Å²) in [5.41, 5.74) is 2.83. The van der Waals surface area contributed by atoms with Crippen molar-refractivity contribution in [3.63, 3.8) is 0 Å². The van der Waals surface area contributed by atoms with Gasteiger partial charge in [-0.2, -0.15) is 0 Å². The van der Waals surface area contributed by atoms with Crippen molar-refractivity contribution in [3.05, 3.63) is 47.8 Å². The molecule has 1 heterocycles. The molecule has 1 N–H and O–H groups in total. The van der Waals surface area contributed by atoms with Crippen LogP contribution in [-0.2, 0) is 33.3 Å². The SMILES string of the molecule is C=C1[C@@H]2[C@@H](OC(C)=O)OC=C([C@@H](C[C@H](OC(C)=O)C(=C)C)OC(C)=O)[C@H]2CC/C(C)=C/C[C@H]1O. The van der Waals surface area contributed by atoms with Crippen LogP contribution in [0, 0.1) is 11.8 Å². The van der Waals surface area contributed by atoms with Crippen molar-refractivity contribution >= 4 is 17.9 Å². The monoisotopic (exact) mass is 476 g/mol. The van der Waals surface area contributed by atoms with E-state index >= 15 is 0 Å². The second-order valence-corrected chi connectivity index (χ2v) is 9.06. The van der Waals surface area contributed by atoms with E-state index in [0.29, 0.717) is 36.0 Å². The van der Waals surface area contributed by atoms with Gasteiger partial charge in [-0.3, -0.25) is 14.4 Å². The highest BCUT2D eigenvalue weighted by molar-refractivity contribution is 5.67. The minimum absolute atomic E-state index is 0.148. The zero-order chi connectivity index (χ0) is 25.6. The molecule has 1 aliphatic heterocycles. The summed E-state index contributed by atoms with van der Waals surface area (Å²) in [6, 6.07) is 0. The van der Waals surface area contributed by atoms with E-state index in [-0.39, 0.29) is 12.3 Å². The number of aliphatic hydroxyl groups is 1. The molecular formula is C26H36O8. The molecule has 0 aromatic rings. The van der Waals surface area contributed by atoms with Gasteiger partial charge in [0.15, 0.2) is 0 Å². The topological polar surface area (TPSA) is 108 Å². The van der Waals surface area contributed by atoms with Crippen LogP contribution >= 0.6 is 0 Å². The molecule has 0 spiro atoms. The van der Waals surface area contributed by atoms with Gasteiger partial charge in [0.2, 0.25) is 6.29 Å². The zero-order valence-corrected chi connectivity index (χ0v) is 20.7. The van der Waals surface area contributed by atoms with E-state index in [1.807, 2.05) is 13.0 Å². The smallest absolute Gasteiger partial charge is 0.305 e. The first kappa shape index (κ1) is 27.4. The summed E-state index contributed by atoms with van der Waals surface area (Å²) in [7, 11) is 0. The molecule has 0 aromatic heterocycles. The van der Waals surface area contributed by atoms with Crippen molar-refractivity contribution in [2.24, 2.45) is 11.8 Å². The van der Waals surface area contributed by atoms with Crippen LogP contribution in [0.3, 0.4) is 0 Å². The van der Waals surface area contributed by atoms with E-state index in [1.54, 1.807) is 6.92 Å². The first-order valence-corrected chi connectivity index (χ1v) is 11.5. The Kier molecular flexibility index (Phi) is 9.67. The van der Waals surface area contributed by atoms with Crippen LogP contribution in [0.2, 0.25) is 0 Å². The standard InChI is InChI=1S/C26H36O8/c1-14(2)23(32-17(5)27)12-24(33-18(6)28)21-13-31-26(34-19(7)29)25-16(4)22(30)11-9-15(3)8-10-20(21)25/h9,13,20,22-26,30H,1,4,8,10-12H2,2-3,5-7H3/b15-9+/t20-,22-,23+,24-,25+,26-/m1/s1. The van der Waals surface area contributed by atoms with Gasteiger partial charge in [0.05, 0.1) is 18.3 Å². The maximum atomic E-state index is 12.0. The van der Waals surface area contributed by atoms with Crippen LogP contribution < -0.4 is 0 Å². The van der Waals surface area contributed by atoms with Gasteiger partial charge in [-0.25, -0.2) is 0 Å². The van der Waals surface area contributed by atoms with Crippen molar-refractivity contribution in [3.8, 4) is 0 Å². The molecule has 8 heteroatoms. The number of carbonyl (C=O) groups is 3. The van der Waals surface area contributed by atoms with E-state index in [1.165, 1.54) is 27.0 Å². The molecule has 1 aliphatic carbocycles. The number of carbonyl (C=O) groups excluding carboxylic acids is 3. The number of fused-ring (bicyclic) bond motifs is 1. The first-order chi connectivity index (χ1) is 15.9. The van der Waals surface area contributed by atoms with Crippen LogP contribution in [-0.4, -0.2) is 47.6 Å². The number of aliphatic hydroxyl groups excluding tert-OH is 1. The van der Waals surface area contributed by atoms with Gasteiger partial charge in [-0.05, 0) is 44.3 Å². The Morgan fingerprint density at radius 1 is 1.15 bits per heavy atom. The van der Waals surface area contributed by atoms with Gasteiger partial charge in [-0.15, -0.1) is 0 Å². The fourth-order valence-electron chi connectivity index (χ4n) is 4.44. The van der Waals surface area contributed by atoms with Crippen LogP contribution in [0.15, 0.2) is 47.8 Å². The third kappa shape index (κ3) is 7.32. The molecule has 2 rings (SSSR count). The lowest BCUT2D eigenvalue weighted by Crippen LogP contribution is -2.43. The summed E-state index contributed by atoms with van der Waals surface area (Å²) in [5, 5.41) is 10.8. The Balaban J connectivity index is 2.53. The third-order valence-electron chi connectivity index (χ3n) is 6.14. The third-order valence-corrected chi connectivity index (χ3v) is 6.14. The quantitative estimate of drug-likeness (QED) is 0.335. The van der Waals surface area contributed by atoms with Gasteiger partial charge in [0.1, 0.15) is 12.2 Å². The van der Waals surface area contributed by atoms with Crippen LogP contribution in [0.4, 0.5) is 0 Å². The van der Waals surface area contributed by atoms with Crippen molar-refractivity contribution < 1.29 is 38.4 Å². The Labute approximate surface area is 201 Å². The molecule has 0 fully saturated rings. The van der Waals surface area contributed by atoms with E-state index in [9.17, 15) is 19.5 Å². The van der Waals surface area contributed by atoms with Gasteiger partial charge in [0.25, 0.3) is 0 Å². The summed E-state index contributed by atoms with van der Waals surface area (Å²) in [5.74, 6) is -2.38. The van der Waals surface area contributed by atoms with Crippen molar-refractivity contribution in [2.75, 3.05) is 0 Å². The Bertz CT molecular complexity index is 883. The number of esters is 3. The maximum absolute atomic E-state index is 12.0. The number of allylic oxidation sites excluding steroid dienone is 1. The van der Waals surface area contributed by atoms with E-state index in [0.717, 1.165) is 5.57 Å². The fourth-order valence-corrected chi connectivity index (χ4v) is 4.44. The van der Waals surface area contributed by atoms with Gasteiger partial charge < -0.3 is 24.1 Å². The summed E-state index contributed by atoms with van der Waals surface area (Å²) < 4.78 is 22.3. The predicted octanol–water partition coefficient (Wildman–Crippen LogP) is 3.90. The average Bonchev–Trinajstić information content (AvgIpc) is 2.77. The normalized spacial score (nSPS) is 28.1. The zero-order valence-electron chi connectivity index (χ0n) is 20.7. The Morgan fingerprint density at radius 2 is 1.79 bits per heavy atom. The highest BCUT2D eigenvalue weighted by atomic mass is 16.7. The van der Waals surface area contributed by atoms with Crippen molar-refractivity contribution in [1.29, 1.82) is 0 Å². The molecule has 0 unspecified atom stereocenters. The molecule has 188 valence electrons. The molecular weight excluding hydrogens is 440 g/mol. The summed E-state index contributed by atoms with van der Waals surface area (Å²) in [6.07, 6.45) is 1.99. The number of hydrogen-bond donors (Lipinski definition) is 1. The predicted molar refractivity (Wildman–Crippen MR) is 125 cm³/mol. The van der Waals surface area contributed by atoms with Crippen LogP contribution in [0.1, 0.15) is 60.3 Å². The Morgan fingerprint density at radius 3 is 2.35 bits per heavy atom. The Hall–Kier alpha value is -2.87. The van der Waals surface area contributed by atoms with Gasteiger partial charge >= 0.3 is 17.9 Å². The van der Waals surface area contributed by atoms with Crippen molar-refractivity contribution in [2.45, 2.75) is 84.9 Å². The summed E-state index contributed by atoms with van der Waals surface area (Å²) in [4.78, 5) is 35.5. The molecule has 0 radical (unpaired) electrons. The molecule has 0 amide bonds. The lowest BCUT2D eigenvalue weighted by atomic mass is 9.73. The van der Waals surface area contributed by atoms with E-state index in [4.69, 9.17) is 18.9 Å². The van der Waals surface area contributed by atoms with Crippen LogP contribution in [0.25, 0.3) is 0 Å². The minimum Gasteiger partial charge on any atom is -0.462 e. The lowest BCUT2D eigenvalue weighted by Gasteiger charge is -2.41. The number of hydrogen-bond acceptors (Lipinski definition) is 8. The largest absolute Gasteiger partial charge is 0.462 e. The molecule has 0 bridgehead atoms. The lowest BCUT2D eigenvalue weighted by molar-refractivity contribution is -0.182. The molecule has 34 heavy (non-hydrogen) atoms.